The molecule has 1 aliphatic carbocycles. The predicted octanol–water partition coefficient (Wildman–Crippen LogP) is 3.05. The summed E-state index contributed by atoms with van der Waals surface area (Å²) >= 11 is 0. The van der Waals surface area contributed by atoms with Crippen molar-refractivity contribution in [2.45, 2.75) is 12.8 Å². The molecule has 0 unspecified atom stereocenters. The second-order valence-corrected chi connectivity index (χ2v) is 10.2. The number of hydrogen-bond acceptors (Lipinski definition) is 7. The van der Waals surface area contributed by atoms with Crippen molar-refractivity contribution in [2.75, 3.05) is 64.8 Å². The van der Waals surface area contributed by atoms with Gasteiger partial charge in [-0.2, -0.15) is 5.10 Å². The number of H-pyrrole nitrogens is 1. The number of hydrogen-bond donors (Lipinski definition) is 3. The number of piperazine rings is 1. The first kappa shape index (κ1) is 24.6. The minimum Gasteiger partial charge on any atom is -0.492 e. The molecular formula is C28H33N7O3. The number of carbonyl (C=O) groups excluding carboxylic acids is 2. The highest BCUT2D eigenvalue weighted by atomic mass is 16.5. The van der Waals surface area contributed by atoms with Gasteiger partial charge in [-0.15, -0.1) is 0 Å². The number of benzene rings is 2. The molecule has 2 fully saturated rings. The van der Waals surface area contributed by atoms with Crippen molar-refractivity contribution < 1.29 is 14.3 Å². The fraction of sp³-hybridized carbons (Fsp3) is 0.393. The molecule has 10 heteroatoms. The molecule has 1 aromatic heterocycles. The Morgan fingerprint density at radius 3 is 2.53 bits per heavy atom. The lowest BCUT2D eigenvalue weighted by molar-refractivity contribution is 0.104. The first-order valence-electron chi connectivity index (χ1n) is 13.3. The highest BCUT2D eigenvalue weighted by Crippen LogP contribution is 2.43. The van der Waals surface area contributed by atoms with E-state index in [4.69, 9.17) is 4.74 Å². The van der Waals surface area contributed by atoms with Crippen LogP contribution in [-0.2, 0) is 0 Å². The summed E-state index contributed by atoms with van der Waals surface area (Å²) in [6, 6.07) is 12.8. The zero-order valence-electron chi connectivity index (χ0n) is 21.6. The number of nitrogens with zero attached hydrogens (tertiary/aromatic N) is 4. The number of aromatic amines is 1. The molecule has 38 heavy (non-hydrogen) atoms. The number of ether oxygens (including phenoxy) is 1. The van der Waals surface area contributed by atoms with E-state index in [2.05, 4.69) is 37.8 Å². The van der Waals surface area contributed by atoms with Crippen molar-refractivity contribution in [3.05, 3.63) is 53.6 Å². The average Bonchev–Trinajstić information content (AvgIpc) is 3.65. The molecule has 0 spiro atoms. The number of rotatable bonds is 7. The average molecular weight is 516 g/mol. The molecule has 0 atom stereocenters. The summed E-state index contributed by atoms with van der Waals surface area (Å²) in [6.45, 7) is 7.16. The number of hydrazine groups is 1. The lowest BCUT2D eigenvalue weighted by Gasteiger charge is -2.32. The minimum atomic E-state index is -0.356. The van der Waals surface area contributed by atoms with E-state index in [1.807, 2.05) is 41.4 Å². The third kappa shape index (κ3) is 4.90. The van der Waals surface area contributed by atoms with E-state index in [-0.39, 0.29) is 11.8 Å². The van der Waals surface area contributed by atoms with Crippen LogP contribution in [0.5, 0.6) is 5.75 Å². The van der Waals surface area contributed by atoms with Gasteiger partial charge in [0.15, 0.2) is 5.78 Å². The zero-order valence-corrected chi connectivity index (χ0v) is 21.6. The Kier molecular flexibility index (Phi) is 6.84. The van der Waals surface area contributed by atoms with Crippen LogP contribution in [0.25, 0.3) is 22.5 Å². The van der Waals surface area contributed by atoms with Gasteiger partial charge in [-0.25, -0.2) is 9.80 Å². The van der Waals surface area contributed by atoms with Crippen LogP contribution in [0.1, 0.15) is 28.8 Å². The van der Waals surface area contributed by atoms with Crippen molar-refractivity contribution in [1.29, 1.82) is 0 Å². The van der Waals surface area contributed by atoms with Gasteiger partial charge in [-0.3, -0.25) is 20.2 Å². The molecule has 198 valence electrons. The molecule has 6 rings (SSSR count). The van der Waals surface area contributed by atoms with E-state index in [0.717, 1.165) is 62.7 Å². The molecule has 2 saturated heterocycles. The molecule has 2 amide bonds. The summed E-state index contributed by atoms with van der Waals surface area (Å²) in [6.07, 6.45) is 2.54. The van der Waals surface area contributed by atoms with Gasteiger partial charge in [0.05, 0.1) is 22.5 Å². The maximum Gasteiger partial charge on any atom is 0.333 e. The molecule has 2 aromatic carbocycles. The second-order valence-electron chi connectivity index (χ2n) is 10.2. The van der Waals surface area contributed by atoms with Crippen LogP contribution < -0.4 is 15.5 Å². The Morgan fingerprint density at radius 1 is 1.00 bits per heavy atom. The Bertz CT molecular complexity index is 1320. The number of aromatic nitrogens is 2. The van der Waals surface area contributed by atoms with E-state index in [0.29, 0.717) is 34.8 Å². The van der Waals surface area contributed by atoms with E-state index >= 15 is 0 Å². The van der Waals surface area contributed by atoms with Gasteiger partial charge < -0.3 is 15.0 Å². The van der Waals surface area contributed by atoms with Gasteiger partial charge in [-0.05, 0) is 63.3 Å². The fourth-order valence-corrected chi connectivity index (χ4v) is 5.42. The number of nitrogens with one attached hydrogen (secondary N) is 3. The normalized spacial score (nSPS) is 17.9. The number of carbonyl (C=O) groups is 2. The van der Waals surface area contributed by atoms with Crippen LogP contribution in [0.3, 0.4) is 0 Å². The van der Waals surface area contributed by atoms with Crippen molar-refractivity contribution in [1.82, 2.24) is 30.4 Å². The van der Waals surface area contributed by atoms with E-state index in [1.165, 1.54) is 12.8 Å². The molecule has 10 nitrogen and oxygen atoms in total. The van der Waals surface area contributed by atoms with Crippen LogP contribution in [0.2, 0.25) is 0 Å². The quantitative estimate of drug-likeness (QED) is 0.347. The van der Waals surface area contributed by atoms with Gasteiger partial charge in [0.2, 0.25) is 0 Å². The van der Waals surface area contributed by atoms with Crippen molar-refractivity contribution in [3.63, 3.8) is 0 Å². The third-order valence-electron chi connectivity index (χ3n) is 7.57. The summed E-state index contributed by atoms with van der Waals surface area (Å²) < 4.78 is 5.93. The monoisotopic (exact) mass is 515 g/mol. The number of urea groups is 1. The predicted molar refractivity (Wildman–Crippen MR) is 145 cm³/mol. The maximum absolute atomic E-state index is 13.6. The van der Waals surface area contributed by atoms with Gasteiger partial charge in [0, 0.05) is 43.9 Å². The second kappa shape index (κ2) is 10.6. The topological polar surface area (TPSA) is 106 Å². The smallest absolute Gasteiger partial charge is 0.333 e. The van der Waals surface area contributed by atoms with Crippen molar-refractivity contribution in [3.8, 4) is 28.3 Å². The van der Waals surface area contributed by atoms with Crippen LogP contribution in [0.4, 0.5) is 10.5 Å². The van der Waals surface area contributed by atoms with Crippen molar-refractivity contribution >= 4 is 17.5 Å². The molecule has 3 aromatic rings. The standard InChI is InChI=1S/C28H33N7O3/c1-33-13-15-35(16-14-33)32-28(37)29-22-6-4-5-21-23(22)27(36)24-25(30-31-26(21)24)19-7-9-20(10-8-19)38-18-17-34-11-2-3-12-34/h4-10H,2-3,11-18H2,1H3,(H,30,31)(H2,29,32,37). The number of likely N-dealkylation sites (N-methyl/N-ethyl adjacent to an activating group) is 1. The zero-order chi connectivity index (χ0) is 26.1. The van der Waals surface area contributed by atoms with Gasteiger partial charge in [0.1, 0.15) is 18.1 Å². The lowest BCUT2D eigenvalue weighted by Crippen LogP contribution is -2.53. The first-order chi connectivity index (χ1) is 18.6. The molecule has 0 bridgehead atoms. The largest absolute Gasteiger partial charge is 0.492 e. The van der Waals surface area contributed by atoms with Crippen LogP contribution in [0, 0.1) is 0 Å². The summed E-state index contributed by atoms with van der Waals surface area (Å²) in [5, 5.41) is 12.3. The van der Waals surface area contributed by atoms with Crippen LogP contribution >= 0.6 is 0 Å². The van der Waals surface area contributed by atoms with E-state index < -0.39 is 0 Å². The Balaban J connectivity index is 1.15. The Morgan fingerprint density at radius 2 is 1.76 bits per heavy atom. The summed E-state index contributed by atoms with van der Waals surface area (Å²) in [7, 11) is 2.06. The number of anilines is 1. The molecule has 3 N–H and O–H groups in total. The molecule has 2 aliphatic heterocycles. The molecule has 0 radical (unpaired) electrons. The Labute approximate surface area is 221 Å². The molecule has 3 aliphatic rings. The van der Waals surface area contributed by atoms with Gasteiger partial charge in [0.25, 0.3) is 0 Å². The summed E-state index contributed by atoms with van der Waals surface area (Å²) in [5.41, 5.74) is 7.22. The number of likely N-dealkylation sites (tertiary alicyclic amines) is 1. The third-order valence-corrected chi connectivity index (χ3v) is 7.57. The van der Waals surface area contributed by atoms with E-state index in [9.17, 15) is 9.59 Å². The summed E-state index contributed by atoms with van der Waals surface area (Å²) in [4.78, 5) is 31.0. The van der Waals surface area contributed by atoms with Crippen molar-refractivity contribution in [2.24, 2.45) is 0 Å². The highest BCUT2D eigenvalue weighted by Gasteiger charge is 2.35. The van der Waals surface area contributed by atoms with Gasteiger partial charge >= 0.3 is 6.03 Å². The first-order valence-corrected chi connectivity index (χ1v) is 13.3. The van der Waals surface area contributed by atoms with Gasteiger partial charge in [-0.1, -0.05) is 12.1 Å². The minimum absolute atomic E-state index is 0.153. The fourth-order valence-electron chi connectivity index (χ4n) is 5.42. The maximum atomic E-state index is 13.6. The number of ketones is 1. The highest BCUT2D eigenvalue weighted by molar-refractivity contribution is 6.26. The summed E-state index contributed by atoms with van der Waals surface area (Å²) in [5.74, 6) is 0.646. The Hall–Kier alpha value is -3.73. The van der Waals surface area contributed by atoms with Crippen LogP contribution in [0.15, 0.2) is 42.5 Å². The molecule has 0 saturated carbocycles. The number of fused-ring (bicyclic) bond motifs is 3. The SMILES string of the molecule is CN1CCN(NC(=O)Nc2cccc3c2C(=O)c2c(-c4ccc(OCCN5CCCC5)cc4)n[nH]c2-3)CC1. The van der Waals surface area contributed by atoms with E-state index in [1.54, 1.807) is 6.07 Å². The molecule has 3 heterocycles. The molecular weight excluding hydrogens is 482 g/mol. The lowest BCUT2D eigenvalue weighted by atomic mass is 10.0. The number of amides is 2. The van der Waals surface area contributed by atoms with Crippen LogP contribution in [-0.4, -0.2) is 96.3 Å².